The normalized spacial score (nSPS) is 9.00. The third-order valence-electron chi connectivity index (χ3n) is 2.23. The molecule has 0 aliphatic carbocycles. The summed E-state index contributed by atoms with van der Waals surface area (Å²) in [5, 5.41) is 8.39. The second kappa shape index (κ2) is 6.30. The summed E-state index contributed by atoms with van der Waals surface area (Å²) in [6, 6.07) is 8.46. The summed E-state index contributed by atoms with van der Waals surface area (Å²) < 4.78 is 12.3. The van der Waals surface area contributed by atoms with Crippen molar-refractivity contribution in [3.05, 3.63) is 63.6 Å². The molecule has 1 aromatic carbocycles. The number of nitriles is 1. The van der Waals surface area contributed by atoms with Crippen molar-refractivity contribution in [3.63, 3.8) is 0 Å². The van der Waals surface area contributed by atoms with Crippen LogP contribution in [0.5, 0.6) is 0 Å². The number of aromatic nitrogens is 2. The maximum Gasteiger partial charge on any atom is 0.268 e. The maximum atomic E-state index is 12.3. The molecule has 0 saturated heterocycles. The van der Waals surface area contributed by atoms with E-state index in [1.807, 2.05) is 6.07 Å². The highest BCUT2D eigenvalue weighted by Crippen LogP contribution is 2.02. The lowest BCUT2D eigenvalue weighted by atomic mass is 10.2. The molecule has 2 aromatic rings. The molecule has 1 aromatic heterocycles. The minimum Gasteiger partial charge on any atom is -0.312 e. The molecule has 5 heteroatoms. The third-order valence-corrected chi connectivity index (χ3v) is 2.23. The fourth-order valence-corrected chi connectivity index (χ4v) is 1.17. The molecule has 2 rings (SSSR count). The monoisotopic (exact) mass is 245 g/mol. The summed E-state index contributed by atoms with van der Waals surface area (Å²) in [6.45, 7) is 3.36. The molecule has 0 aliphatic heterocycles. The lowest BCUT2D eigenvalue weighted by Crippen LogP contribution is -2.12. The van der Waals surface area contributed by atoms with Gasteiger partial charge in [0.1, 0.15) is 17.4 Å². The quantitative estimate of drug-likeness (QED) is 0.772. The van der Waals surface area contributed by atoms with E-state index < -0.39 is 0 Å². The van der Waals surface area contributed by atoms with Gasteiger partial charge in [0.05, 0.1) is 12.0 Å². The number of rotatable bonds is 0. The van der Waals surface area contributed by atoms with Crippen LogP contribution in [-0.2, 0) is 0 Å². The lowest BCUT2D eigenvalue weighted by Gasteiger charge is -1.89. The average Bonchev–Trinajstić information content (AvgIpc) is 2.34. The van der Waals surface area contributed by atoms with E-state index in [2.05, 4.69) is 9.97 Å². The van der Waals surface area contributed by atoms with Crippen LogP contribution in [0.1, 0.15) is 16.8 Å². The summed E-state index contributed by atoms with van der Waals surface area (Å²) in [6.07, 6.45) is 1.28. The molecule has 1 heterocycles. The topological polar surface area (TPSA) is 69.5 Å². The van der Waals surface area contributed by atoms with Crippen LogP contribution in [0, 0.1) is 31.0 Å². The summed E-state index contributed by atoms with van der Waals surface area (Å²) >= 11 is 0. The smallest absolute Gasteiger partial charge is 0.268 e. The van der Waals surface area contributed by atoms with Gasteiger partial charge in [0.25, 0.3) is 5.56 Å². The van der Waals surface area contributed by atoms with Crippen LogP contribution in [-0.4, -0.2) is 9.97 Å². The Labute approximate surface area is 104 Å². The van der Waals surface area contributed by atoms with Crippen LogP contribution in [0.3, 0.4) is 0 Å². The van der Waals surface area contributed by atoms with Gasteiger partial charge in [-0.15, -0.1) is 0 Å². The molecular formula is C13H12FN3O. The Morgan fingerprint density at radius 2 is 2.00 bits per heavy atom. The number of H-pyrrole nitrogens is 1. The minimum atomic E-state index is -0.380. The van der Waals surface area contributed by atoms with Crippen molar-refractivity contribution < 1.29 is 4.39 Å². The van der Waals surface area contributed by atoms with E-state index in [9.17, 15) is 9.18 Å². The Morgan fingerprint density at radius 1 is 1.33 bits per heavy atom. The standard InChI is InChI=1S/C7H7F.C6H5N3O/c1-6-4-2-3-5-7(6)8;1-4-5(2-7)6(10)9-3-8-4/h2-5H,1H3;3H,1H3,(H,8,9,10). The molecule has 0 unspecified atom stereocenters. The van der Waals surface area contributed by atoms with Crippen LogP contribution in [0.2, 0.25) is 0 Å². The molecule has 0 aliphatic rings. The van der Waals surface area contributed by atoms with Gasteiger partial charge in [0, 0.05) is 0 Å². The number of hydrogen-bond acceptors (Lipinski definition) is 3. The molecule has 0 fully saturated rings. The van der Waals surface area contributed by atoms with Crippen LogP contribution < -0.4 is 5.56 Å². The first kappa shape index (κ1) is 13.6. The first-order valence-electron chi connectivity index (χ1n) is 5.21. The number of aromatic amines is 1. The Balaban J connectivity index is 0.000000184. The van der Waals surface area contributed by atoms with E-state index in [1.165, 1.54) is 12.4 Å². The summed E-state index contributed by atoms with van der Waals surface area (Å²) in [7, 11) is 0. The Hall–Kier alpha value is -2.48. The molecule has 0 radical (unpaired) electrons. The summed E-state index contributed by atoms with van der Waals surface area (Å²) in [5.41, 5.74) is 0.872. The zero-order chi connectivity index (χ0) is 13.5. The number of benzene rings is 1. The first-order chi connectivity index (χ1) is 8.56. The van der Waals surface area contributed by atoms with Gasteiger partial charge >= 0.3 is 0 Å². The number of aryl methyl sites for hydroxylation is 2. The molecular weight excluding hydrogens is 233 g/mol. The van der Waals surface area contributed by atoms with Gasteiger partial charge in [-0.2, -0.15) is 5.26 Å². The predicted molar refractivity (Wildman–Crippen MR) is 65.4 cm³/mol. The molecule has 0 saturated carbocycles. The van der Waals surface area contributed by atoms with Crippen LogP contribution in [0.4, 0.5) is 4.39 Å². The highest BCUT2D eigenvalue weighted by molar-refractivity contribution is 5.28. The highest BCUT2D eigenvalue weighted by Gasteiger charge is 2.00. The SMILES string of the molecule is Cc1ccccc1F.Cc1nc[nH]c(=O)c1C#N. The highest BCUT2D eigenvalue weighted by atomic mass is 19.1. The second-order valence-electron chi connectivity index (χ2n) is 3.55. The van der Waals surface area contributed by atoms with Crippen molar-refractivity contribution in [2.75, 3.05) is 0 Å². The van der Waals surface area contributed by atoms with Crippen LogP contribution in [0.15, 0.2) is 35.4 Å². The largest absolute Gasteiger partial charge is 0.312 e. The minimum absolute atomic E-state index is 0.0856. The van der Waals surface area contributed by atoms with Gasteiger partial charge in [-0.05, 0) is 25.5 Å². The van der Waals surface area contributed by atoms with Crippen molar-refractivity contribution in [2.45, 2.75) is 13.8 Å². The molecule has 18 heavy (non-hydrogen) atoms. The van der Waals surface area contributed by atoms with Crippen molar-refractivity contribution >= 4 is 0 Å². The van der Waals surface area contributed by atoms with Crippen LogP contribution >= 0.6 is 0 Å². The van der Waals surface area contributed by atoms with E-state index in [0.717, 1.165) is 0 Å². The molecule has 1 N–H and O–H groups in total. The predicted octanol–water partition coefficient (Wildman–Crippen LogP) is 2.08. The Bertz CT molecular complexity index is 608. The van der Waals surface area contributed by atoms with Crippen molar-refractivity contribution in [1.29, 1.82) is 5.26 Å². The second-order valence-corrected chi connectivity index (χ2v) is 3.55. The van der Waals surface area contributed by atoms with E-state index in [-0.39, 0.29) is 16.9 Å². The van der Waals surface area contributed by atoms with Gasteiger partial charge in [0.15, 0.2) is 0 Å². The van der Waals surface area contributed by atoms with Crippen LogP contribution in [0.25, 0.3) is 0 Å². The van der Waals surface area contributed by atoms with E-state index in [1.54, 1.807) is 32.0 Å². The van der Waals surface area contributed by atoms with Gasteiger partial charge in [-0.3, -0.25) is 4.79 Å². The van der Waals surface area contributed by atoms with Crippen molar-refractivity contribution in [2.24, 2.45) is 0 Å². The number of nitrogens with one attached hydrogen (secondary N) is 1. The van der Waals surface area contributed by atoms with E-state index in [0.29, 0.717) is 11.3 Å². The van der Waals surface area contributed by atoms with Gasteiger partial charge in [-0.1, -0.05) is 18.2 Å². The Kier molecular flexibility index (Phi) is 4.76. The third kappa shape index (κ3) is 3.52. The zero-order valence-electron chi connectivity index (χ0n) is 10.1. The molecule has 0 atom stereocenters. The lowest BCUT2D eigenvalue weighted by molar-refractivity contribution is 0.618. The van der Waals surface area contributed by atoms with E-state index >= 15 is 0 Å². The van der Waals surface area contributed by atoms with E-state index in [4.69, 9.17) is 5.26 Å². The van der Waals surface area contributed by atoms with Crippen molar-refractivity contribution in [1.82, 2.24) is 9.97 Å². The number of hydrogen-bond donors (Lipinski definition) is 1. The molecule has 4 nitrogen and oxygen atoms in total. The number of halogens is 1. The van der Waals surface area contributed by atoms with Gasteiger partial charge < -0.3 is 4.98 Å². The molecule has 0 bridgehead atoms. The zero-order valence-corrected chi connectivity index (χ0v) is 10.1. The number of nitrogens with zero attached hydrogens (tertiary/aromatic N) is 2. The fourth-order valence-electron chi connectivity index (χ4n) is 1.17. The molecule has 92 valence electrons. The fraction of sp³-hybridized carbons (Fsp3) is 0.154. The Morgan fingerprint density at radius 3 is 2.39 bits per heavy atom. The first-order valence-corrected chi connectivity index (χ1v) is 5.21. The molecule has 0 amide bonds. The molecule has 0 spiro atoms. The van der Waals surface area contributed by atoms with Gasteiger partial charge in [-0.25, -0.2) is 9.37 Å². The summed E-state index contributed by atoms with van der Waals surface area (Å²) in [4.78, 5) is 16.8. The van der Waals surface area contributed by atoms with Crippen molar-refractivity contribution in [3.8, 4) is 6.07 Å². The maximum absolute atomic E-state index is 12.3. The average molecular weight is 245 g/mol. The summed E-state index contributed by atoms with van der Waals surface area (Å²) in [5.74, 6) is -0.132. The van der Waals surface area contributed by atoms with Gasteiger partial charge in [0.2, 0.25) is 0 Å².